The Balaban J connectivity index is 1.20. The minimum Gasteiger partial charge on any atom is -0.382 e. The normalized spacial score (nSPS) is 16.9. The third-order valence-electron chi connectivity index (χ3n) is 7.49. The Morgan fingerprint density at radius 1 is 1.00 bits per heavy atom. The quantitative estimate of drug-likeness (QED) is 0.320. The van der Waals surface area contributed by atoms with Gasteiger partial charge in [-0.15, -0.1) is 0 Å². The highest BCUT2D eigenvalue weighted by Crippen LogP contribution is 2.33. The number of hydrogen-bond donors (Lipinski definition) is 2. The SMILES string of the molecule is Cc1nc2ccccc2n1Cc1cccc(CCC(=O)[C@H](O)[C@@H](O)C(=O)N2CCCC2c2cccc(Cl)c2)c1. The Kier molecular flexibility index (Phi) is 8.12. The van der Waals surface area contributed by atoms with Gasteiger partial charge in [0.2, 0.25) is 0 Å². The van der Waals surface area contributed by atoms with Gasteiger partial charge in [-0.1, -0.05) is 60.1 Å². The van der Waals surface area contributed by atoms with Crippen molar-refractivity contribution in [1.82, 2.24) is 14.5 Å². The molecule has 1 saturated heterocycles. The van der Waals surface area contributed by atoms with Crippen molar-refractivity contribution in [2.24, 2.45) is 0 Å². The zero-order valence-electron chi connectivity index (χ0n) is 21.8. The third-order valence-corrected chi connectivity index (χ3v) is 7.72. The molecule has 0 radical (unpaired) electrons. The second kappa shape index (κ2) is 11.7. The van der Waals surface area contributed by atoms with Crippen LogP contribution in [0, 0.1) is 6.92 Å². The molecule has 39 heavy (non-hydrogen) atoms. The van der Waals surface area contributed by atoms with Crippen LogP contribution < -0.4 is 0 Å². The minimum absolute atomic E-state index is 0.0136. The van der Waals surface area contributed by atoms with Crippen LogP contribution in [0.4, 0.5) is 0 Å². The Bertz CT molecular complexity index is 1500. The number of amides is 1. The first kappa shape index (κ1) is 27.1. The molecule has 1 amide bonds. The highest BCUT2D eigenvalue weighted by molar-refractivity contribution is 6.30. The van der Waals surface area contributed by atoms with Gasteiger partial charge in [0.15, 0.2) is 11.9 Å². The molecule has 0 bridgehead atoms. The molecule has 8 heteroatoms. The Morgan fingerprint density at radius 2 is 1.77 bits per heavy atom. The summed E-state index contributed by atoms with van der Waals surface area (Å²) in [6.45, 7) is 3.08. The van der Waals surface area contributed by atoms with Crippen LogP contribution in [0.5, 0.6) is 0 Å². The lowest BCUT2D eigenvalue weighted by Crippen LogP contribution is -2.47. The average molecular weight is 546 g/mol. The number of halogens is 1. The van der Waals surface area contributed by atoms with E-state index in [1.807, 2.05) is 67.6 Å². The number of para-hydroxylation sites is 2. The number of benzene rings is 3. The van der Waals surface area contributed by atoms with Crippen molar-refractivity contribution in [2.45, 2.75) is 57.4 Å². The molecule has 2 N–H and O–H groups in total. The molecule has 0 saturated carbocycles. The monoisotopic (exact) mass is 545 g/mol. The first-order valence-corrected chi connectivity index (χ1v) is 13.6. The van der Waals surface area contributed by atoms with Crippen LogP contribution in [0.25, 0.3) is 11.0 Å². The van der Waals surface area contributed by atoms with Crippen molar-refractivity contribution in [3.63, 3.8) is 0 Å². The van der Waals surface area contributed by atoms with E-state index in [1.54, 1.807) is 12.1 Å². The van der Waals surface area contributed by atoms with Crippen LogP contribution in [-0.4, -0.2) is 55.1 Å². The summed E-state index contributed by atoms with van der Waals surface area (Å²) in [6.07, 6.45) is -1.68. The van der Waals surface area contributed by atoms with Crippen molar-refractivity contribution in [1.29, 1.82) is 0 Å². The summed E-state index contributed by atoms with van der Waals surface area (Å²) in [5, 5.41) is 21.8. The second-order valence-corrected chi connectivity index (χ2v) is 10.6. The maximum Gasteiger partial charge on any atom is 0.255 e. The summed E-state index contributed by atoms with van der Waals surface area (Å²) in [5.41, 5.74) is 4.90. The molecule has 0 aliphatic carbocycles. The summed E-state index contributed by atoms with van der Waals surface area (Å²) in [7, 11) is 0. The van der Waals surface area contributed by atoms with Gasteiger partial charge in [0.25, 0.3) is 5.91 Å². The van der Waals surface area contributed by atoms with Gasteiger partial charge in [0.1, 0.15) is 11.9 Å². The zero-order chi connectivity index (χ0) is 27.5. The van der Waals surface area contributed by atoms with Crippen LogP contribution >= 0.6 is 11.6 Å². The van der Waals surface area contributed by atoms with Gasteiger partial charge < -0.3 is 19.7 Å². The lowest BCUT2D eigenvalue weighted by Gasteiger charge is -2.28. The van der Waals surface area contributed by atoms with Crippen LogP contribution in [0.1, 0.15) is 47.8 Å². The molecule has 1 aliphatic heterocycles. The first-order valence-electron chi connectivity index (χ1n) is 13.3. The number of nitrogens with zero attached hydrogens (tertiary/aromatic N) is 3. The second-order valence-electron chi connectivity index (χ2n) is 10.2. The third kappa shape index (κ3) is 5.91. The van der Waals surface area contributed by atoms with Crippen LogP contribution in [0.2, 0.25) is 5.02 Å². The molecule has 7 nitrogen and oxygen atoms in total. The number of hydrogen-bond acceptors (Lipinski definition) is 5. The first-order chi connectivity index (χ1) is 18.8. The molecular weight excluding hydrogens is 514 g/mol. The van der Waals surface area contributed by atoms with Gasteiger partial charge >= 0.3 is 0 Å². The van der Waals surface area contributed by atoms with Crippen LogP contribution in [-0.2, 0) is 22.6 Å². The highest BCUT2D eigenvalue weighted by Gasteiger charge is 2.38. The molecular formula is C31H32ClN3O4. The molecule has 3 aromatic carbocycles. The van der Waals surface area contributed by atoms with Gasteiger partial charge in [-0.3, -0.25) is 9.59 Å². The maximum atomic E-state index is 13.1. The number of aliphatic hydroxyl groups excluding tert-OH is 2. The summed E-state index contributed by atoms with van der Waals surface area (Å²) in [5.74, 6) is -0.270. The summed E-state index contributed by atoms with van der Waals surface area (Å²) in [4.78, 5) is 32.0. The number of fused-ring (bicyclic) bond motifs is 1. The van der Waals surface area contributed by atoms with Crippen molar-refractivity contribution >= 4 is 34.3 Å². The van der Waals surface area contributed by atoms with E-state index in [1.165, 1.54) is 4.90 Å². The number of carbonyl (C=O) groups is 2. The number of aryl methyl sites for hydroxylation is 2. The number of aliphatic hydroxyl groups is 2. The number of ketones is 1. The Labute approximate surface area is 232 Å². The number of aromatic nitrogens is 2. The zero-order valence-corrected chi connectivity index (χ0v) is 22.6. The van der Waals surface area contributed by atoms with E-state index in [0.717, 1.165) is 46.4 Å². The number of likely N-dealkylation sites (tertiary alicyclic amines) is 1. The molecule has 1 aliphatic rings. The van der Waals surface area contributed by atoms with Gasteiger partial charge in [-0.05, 0) is 67.1 Å². The molecule has 4 aromatic rings. The fraction of sp³-hybridized carbons (Fsp3) is 0.323. The van der Waals surface area contributed by atoms with Crippen molar-refractivity contribution < 1.29 is 19.8 Å². The van der Waals surface area contributed by atoms with Gasteiger partial charge in [0.05, 0.1) is 17.1 Å². The van der Waals surface area contributed by atoms with E-state index < -0.39 is 23.9 Å². The lowest BCUT2D eigenvalue weighted by molar-refractivity contribution is -0.153. The Hall–Kier alpha value is -3.52. The molecule has 0 spiro atoms. The average Bonchev–Trinajstić information content (AvgIpc) is 3.55. The molecule has 2 heterocycles. The van der Waals surface area contributed by atoms with Crippen molar-refractivity contribution in [2.75, 3.05) is 6.54 Å². The smallest absolute Gasteiger partial charge is 0.255 e. The predicted molar refractivity (Wildman–Crippen MR) is 150 cm³/mol. The molecule has 1 fully saturated rings. The summed E-state index contributed by atoms with van der Waals surface area (Å²) >= 11 is 6.12. The van der Waals surface area contributed by atoms with Gasteiger partial charge in [-0.25, -0.2) is 4.98 Å². The van der Waals surface area contributed by atoms with E-state index >= 15 is 0 Å². The van der Waals surface area contributed by atoms with E-state index in [9.17, 15) is 19.8 Å². The minimum atomic E-state index is -1.80. The number of Topliss-reactive ketones (excluding diaryl/α,β-unsaturated/α-hetero) is 1. The number of carbonyl (C=O) groups excluding carboxylic acids is 2. The van der Waals surface area contributed by atoms with Crippen LogP contribution in [0.15, 0.2) is 72.8 Å². The van der Waals surface area contributed by atoms with E-state index in [0.29, 0.717) is 24.5 Å². The van der Waals surface area contributed by atoms with Gasteiger partial charge in [-0.2, -0.15) is 0 Å². The Morgan fingerprint density at radius 3 is 2.59 bits per heavy atom. The molecule has 1 unspecified atom stereocenters. The standard InChI is InChI=1S/C31H32ClN3O4/c1-20-33-25-11-2-3-12-27(25)35(20)19-22-8-4-7-21(17-22)14-15-28(36)29(37)30(38)31(39)34-16-6-13-26(34)23-9-5-10-24(32)18-23/h2-5,7-12,17-18,26,29-30,37-38H,6,13-16,19H2,1H3/t26?,29-,30+/m0/s1. The maximum absolute atomic E-state index is 13.1. The van der Waals surface area contributed by atoms with Crippen molar-refractivity contribution in [3.05, 3.63) is 100 Å². The molecule has 202 valence electrons. The number of imidazole rings is 1. The molecule has 3 atom stereocenters. The van der Waals surface area contributed by atoms with E-state index in [4.69, 9.17) is 11.6 Å². The van der Waals surface area contributed by atoms with E-state index in [2.05, 4.69) is 9.55 Å². The number of rotatable bonds is 9. The largest absolute Gasteiger partial charge is 0.382 e. The fourth-order valence-corrected chi connectivity index (χ4v) is 5.65. The molecule has 1 aromatic heterocycles. The van der Waals surface area contributed by atoms with Gasteiger partial charge in [0, 0.05) is 24.5 Å². The summed E-state index contributed by atoms with van der Waals surface area (Å²) in [6, 6.07) is 23.0. The lowest BCUT2D eigenvalue weighted by atomic mass is 9.99. The molecule has 5 rings (SSSR count). The van der Waals surface area contributed by atoms with E-state index in [-0.39, 0.29) is 12.5 Å². The van der Waals surface area contributed by atoms with Crippen molar-refractivity contribution in [3.8, 4) is 0 Å². The topological polar surface area (TPSA) is 95.7 Å². The fourth-order valence-electron chi connectivity index (χ4n) is 5.45. The predicted octanol–water partition coefficient (Wildman–Crippen LogP) is 4.63. The van der Waals surface area contributed by atoms with Crippen LogP contribution in [0.3, 0.4) is 0 Å². The highest BCUT2D eigenvalue weighted by atomic mass is 35.5. The summed E-state index contributed by atoms with van der Waals surface area (Å²) < 4.78 is 2.15.